The van der Waals surface area contributed by atoms with Gasteiger partial charge in [-0.05, 0) is 35.9 Å². The number of methoxy groups -OCH3 is 1. The van der Waals surface area contributed by atoms with Crippen molar-refractivity contribution in [3.8, 4) is 35.2 Å². The monoisotopic (exact) mass is 409 g/mol. The first-order valence-corrected chi connectivity index (χ1v) is 9.57. The van der Waals surface area contributed by atoms with Crippen molar-refractivity contribution in [1.29, 1.82) is 0 Å². The second-order valence-corrected chi connectivity index (χ2v) is 6.58. The molecule has 0 bridgehead atoms. The Labute approximate surface area is 179 Å². The Morgan fingerprint density at radius 3 is 2.61 bits per heavy atom. The second-order valence-electron chi connectivity index (χ2n) is 6.58. The third kappa shape index (κ3) is 4.16. The van der Waals surface area contributed by atoms with Gasteiger partial charge in [-0.2, -0.15) is 9.78 Å². The number of ether oxygens (including phenoxy) is 2. The summed E-state index contributed by atoms with van der Waals surface area (Å²) in [5.74, 6) is 3.94. The van der Waals surface area contributed by atoms with Gasteiger partial charge in [0, 0.05) is 5.56 Å². The lowest BCUT2D eigenvalue weighted by Crippen LogP contribution is -2.20. The quantitative estimate of drug-likeness (QED) is 0.357. The lowest BCUT2D eigenvalue weighted by Gasteiger charge is -2.10. The minimum Gasteiger partial charge on any atom is -0.493 e. The van der Waals surface area contributed by atoms with Crippen LogP contribution < -0.4 is 15.0 Å². The van der Waals surface area contributed by atoms with Crippen LogP contribution in [0.1, 0.15) is 5.56 Å². The van der Waals surface area contributed by atoms with Gasteiger partial charge in [0.15, 0.2) is 17.3 Å². The third-order valence-electron chi connectivity index (χ3n) is 4.61. The van der Waals surface area contributed by atoms with Crippen LogP contribution in [0.25, 0.3) is 22.3 Å². The minimum absolute atomic E-state index is 0.141. The van der Waals surface area contributed by atoms with E-state index < -0.39 is 0 Å². The van der Waals surface area contributed by atoms with Gasteiger partial charge < -0.3 is 9.47 Å². The van der Waals surface area contributed by atoms with Gasteiger partial charge in [-0.25, -0.2) is 4.98 Å². The third-order valence-corrected chi connectivity index (χ3v) is 4.61. The van der Waals surface area contributed by atoms with Crippen LogP contribution in [0.5, 0.6) is 11.5 Å². The number of nitrogens with zero attached hydrogens (tertiary/aromatic N) is 3. The van der Waals surface area contributed by atoms with E-state index >= 15 is 0 Å². The van der Waals surface area contributed by atoms with Crippen molar-refractivity contribution in [1.82, 2.24) is 9.66 Å². The summed E-state index contributed by atoms with van der Waals surface area (Å²) in [6, 6.07) is 22.0. The van der Waals surface area contributed by atoms with Crippen LogP contribution in [0.4, 0.5) is 0 Å². The molecule has 0 atom stereocenters. The summed E-state index contributed by atoms with van der Waals surface area (Å²) in [5.41, 5.74) is 1.89. The van der Waals surface area contributed by atoms with Crippen LogP contribution >= 0.6 is 0 Å². The van der Waals surface area contributed by atoms with Crippen LogP contribution in [0.3, 0.4) is 0 Å². The molecule has 1 heterocycles. The number of hydrogen-bond donors (Lipinski definition) is 0. The highest BCUT2D eigenvalue weighted by Crippen LogP contribution is 2.27. The smallest absolute Gasteiger partial charge is 0.282 e. The molecule has 0 saturated carbocycles. The Morgan fingerprint density at radius 2 is 1.84 bits per heavy atom. The van der Waals surface area contributed by atoms with Crippen molar-refractivity contribution < 1.29 is 9.47 Å². The summed E-state index contributed by atoms with van der Waals surface area (Å²) in [6.45, 7) is 0.141. The maximum Gasteiger partial charge on any atom is 0.282 e. The number of terminal acetylenes is 1. The molecule has 0 aliphatic carbocycles. The summed E-state index contributed by atoms with van der Waals surface area (Å²) >= 11 is 0. The molecule has 0 N–H and O–H groups in total. The van der Waals surface area contributed by atoms with E-state index in [4.69, 9.17) is 15.9 Å². The largest absolute Gasteiger partial charge is 0.493 e. The van der Waals surface area contributed by atoms with E-state index in [0.29, 0.717) is 28.2 Å². The Hall–Kier alpha value is -4.37. The molecule has 6 heteroatoms. The standard InChI is InChI=1S/C25H19N3O3/c1-3-15-31-22-14-13-18(16-23(22)30-2)17-26-28-24(19-9-5-4-6-10-19)27-21-12-8-7-11-20(21)25(28)29/h1,4-14,16-17H,15H2,2H3. The first-order valence-electron chi connectivity index (χ1n) is 9.57. The van der Waals surface area contributed by atoms with Crippen LogP contribution in [-0.4, -0.2) is 29.6 Å². The van der Waals surface area contributed by atoms with Gasteiger partial charge >= 0.3 is 0 Å². The average molecular weight is 409 g/mol. The van der Waals surface area contributed by atoms with Gasteiger partial charge in [0.2, 0.25) is 0 Å². The number of rotatable bonds is 6. The van der Waals surface area contributed by atoms with Crippen LogP contribution in [-0.2, 0) is 0 Å². The molecule has 0 amide bonds. The van der Waals surface area contributed by atoms with E-state index in [1.807, 2.05) is 42.5 Å². The zero-order chi connectivity index (χ0) is 21.6. The molecule has 0 unspecified atom stereocenters. The molecule has 0 spiro atoms. The molecule has 0 radical (unpaired) electrons. The van der Waals surface area contributed by atoms with Gasteiger partial charge in [-0.3, -0.25) is 4.79 Å². The van der Waals surface area contributed by atoms with Crippen molar-refractivity contribution in [3.05, 3.63) is 88.7 Å². The topological polar surface area (TPSA) is 65.7 Å². The Kier molecular flexibility index (Phi) is 5.77. The highest BCUT2D eigenvalue weighted by atomic mass is 16.5. The summed E-state index contributed by atoms with van der Waals surface area (Å²) in [4.78, 5) is 17.9. The Morgan fingerprint density at radius 1 is 1.06 bits per heavy atom. The second kappa shape index (κ2) is 8.97. The molecule has 152 valence electrons. The highest BCUT2D eigenvalue weighted by Gasteiger charge is 2.12. The van der Waals surface area contributed by atoms with E-state index in [1.54, 1.807) is 43.7 Å². The number of para-hydroxylation sites is 1. The summed E-state index contributed by atoms with van der Waals surface area (Å²) in [6.07, 6.45) is 6.83. The molecule has 1 aromatic heterocycles. The lowest BCUT2D eigenvalue weighted by atomic mass is 10.2. The van der Waals surface area contributed by atoms with Gasteiger partial charge in [-0.15, -0.1) is 6.42 Å². The fraction of sp³-hybridized carbons (Fsp3) is 0.0800. The van der Waals surface area contributed by atoms with Crippen molar-refractivity contribution in [2.24, 2.45) is 5.10 Å². The highest BCUT2D eigenvalue weighted by molar-refractivity contribution is 5.82. The van der Waals surface area contributed by atoms with E-state index in [1.165, 1.54) is 4.68 Å². The van der Waals surface area contributed by atoms with Crippen LogP contribution in [0.15, 0.2) is 82.7 Å². The molecular weight excluding hydrogens is 390 g/mol. The molecular formula is C25H19N3O3. The minimum atomic E-state index is -0.248. The van der Waals surface area contributed by atoms with Crippen molar-refractivity contribution in [3.63, 3.8) is 0 Å². The molecule has 6 nitrogen and oxygen atoms in total. The van der Waals surface area contributed by atoms with E-state index in [0.717, 1.165) is 11.1 Å². The predicted octanol–water partition coefficient (Wildman–Crippen LogP) is 3.97. The number of fused-ring (bicyclic) bond motifs is 1. The first kappa shape index (κ1) is 19.9. The van der Waals surface area contributed by atoms with E-state index in [2.05, 4.69) is 16.0 Å². The predicted molar refractivity (Wildman–Crippen MR) is 122 cm³/mol. The summed E-state index contributed by atoms with van der Waals surface area (Å²) in [5, 5.41) is 4.95. The van der Waals surface area contributed by atoms with Gasteiger partial charge in [-0.1, -0.05) is 48.4 Å². The molecule has 4 aromatic rings. The normalized spacial score (nSPS) is 10.8. The molecule has 4 rings (SSSR count). The summed E-state index contributed by atoms with van der Waals surface area (Å²) in [7, 11) is 1.55. The zero-order valence-corrected chi connectivity index (χ0v) is 16.9. The maximum atomic E-state index is 13.2. The number of aromatic nitrogens is 2. The number of hydrogen-bond acceptors (Lipinski definition) is 5. The average Bonchev–Trinajstić information content (AvgIpc) is 2.82. The molecule has 31 heavy (non-hydrogen) atoms. The fourth-order valence-corrected chi connectivity index (χ4v) is 3.13. The lowest BCUT2D eigenvalue weighted by molar-refractivity contribution is 0.331. The SMILES string of the molecule is C#CCOc1ccc(C=Nn2c(-c3ccccc3)nc3ccccc3c2=O)cc1OC. The number of benzene rings is 3. The van der Waals surface area contributed by atoms with Crippen molar-refractivity contribution in [2.75, 3.05) is 13.7 Å². The molecule has 3 aromatic carbocycles. The van der Waals surface area contributed by atoms with Crippen LogP contribution in [0, 0.1) is 12.3 Å². The van der Waals surface area contributed by atoms with Gasteiger partial charge in [0.1, 0.15) is 6.61 Å². The molecule has 0 fully saturated rings. The first-order chi connectivity index (χ1) is 15.2. The zero-order valence-electron chi connectivity index (χ0n) is 16.9. The molecule has 0 aliphatic heterocycles. The molecule has 0 saturated heterocycles. The van der Waals surface area contributed by atoms with Gasteiger partial charge in [0.05, 0.1) is 24.2 Å². The molecule has 0 aliphatic rings. The Bertz CT molecular complexity index is 1350. The van der Waals surface area contributed by atoms with Crippen molar-refractivity contribution in [2.45, 2.75) is 0 Å². The maximum absolute atomic E-state index is 13.2. The van der Waals surface area contributed by atoms with E-state index in [-0.39, 0.29) is 12.2 Å². The van der Waals surface area contributed by atoms with E-state index in [9.17, 15) is 4.79 Å². The summed E-state index contributed by atoms with van der Waals surface area (Å²) < 4.78 is 12.2. The van der Waals surface area contributed by atoms with Crippen molar-refractivity contribution >= 4 is 17.1 Å². The van der Waals surface area contributed by atoms with Crippen LogP contribution in [0.2, 0.25) is 0 Å². The Balaban J connectivity index is 1.81. The fourth-order valence-electron chi connectivity index (χ4n) is 3.13. The van der Waals surface area contributed by atoms with Gasteiger partial charge in [0.25, 0.3) is 5.56 Å².